The number of likely N-dealkylation sites (tertiary alicyclic amines) is 1. The smallest absolute Gasteiger partial charge is 0.141 e. The molecule has 0 radical (unpaired) electrons. The summed E-state index contributed by atoms with van der Waals surface area (Å²) in [5.41, 5.74) is 9.03. The maximum Gasteiger partial charge on any atom is 0.141 e. The van der Waals surface area contributed by atoms with E-state index < -0.39 is 0 Å². The van der Waals surface area contributed by atoms with Gasteiger partial charge in [-0.3, -0.25) is 0 Å². The first kappa shape index (κ1) is 21.0. The molecule has 164 valence electrons. The highest BCUT2D eigenvalue weighted by atomic mass is 32.2. The van der Waals surface area contributed by atoms with Crippen molar-refractivity contribution in [3.63, 3.8) is 0 Å². The number of nitrogens with zero attached hydrogens (tertiary/aromatic N) is 2. The lowest BCUT2D eigenvalue weighted by Crippen LogP contribution is -2.35. The molecule has 0 spiro atoms. The van der Waals surface area contributed by atoms with E-state index in [1.54, 1.807) is 0 Å². The third-order valence-corrected chi connectivity index (χ3v) is 7.83. The number of rotatable bonds is 8. The summed E-state index contributed by atoms with van der Waals surface area (Å²) < 4.78 is 6.72. The van der Waals surface area contributed by atoms with E-state index >= 15 is 0 Å². The van der Waals surface area contributed by atoms with Gasteiger partial charge in [0.05, 0.1) is 17.1 Å². The van der Waals surface area contributed by atoms with Gasteiger partial charge < -0.3 is 20.4 Å². The van der Waals surface area contributed by atoms with Gasteiger partial charge in [-0.25, -0.2) is 4.98 Å². The van der Waals surface area contributed by atoms with Crippen LogP contribution in [0.5, 0.6) is 0 Å². The molecule has 1 aromatic heterocycles. The van der Waals surface area contributed by atoms with Gasteiger partial charge >= 0.3 is 0 Å². The summed E-state index contributed by atoms with van der Waals surface area (Å²) in [6, 6.07) is 17.0. The number of para-hydroxylation sites is 2. The normalized spacial score (nSPS) is 23.3. The molecule has 3 N–H and O–H groups in total. The molecule has 2 fully saturated rings. The number of hydrogen-bond donors (Lipinski definition) is 2. The van der Waals surface area contributed by atoms with E-state index in [1.165, 1.54) is 16.9 Å². The predicted octanol–water partition coefficient (Wildman–Crippen LogP) is 4.45. The van der Waals surface area contributed by atoms with Crippen LogP contribution in [-0.2, 0) is 4.74 Å². The van der Waals surface area contributed by atoms with Crippen LogP contribution in [0.25, 0.3) is 11.0 Å². The number of nitrogens with one attached hydrogen (secondary N) is 1. The number of hydrogen-bond acceptors (Lipinski definition) is 5. The number of ether oxygens (including phenoxy) is 1. The number of H-pyrrole nitrogens is 1. The third-order valence-electron chi connectivity index (χ3n) is 6.65. The number of fused-ring (bicyclic) bond motifs is 1. The number of aromatic nitrogens is 2. The molecule has 5 nitrogen and oxygen atoms in total. The molecule has 2 heterocycles. The lowest BCUT2D eigenvalue weighted by molar-refractivity contribution is -0.0264. The third kappa shape index (κ3) is 4.98. The standard InChI is InChI=1S/C25H32N4OS/c1-29-11-9-20(10-12-29)30-24(25-27-22-7-2-3-8-23(22)28-25)17-5-4-6-21(14-17)31-16-19-13-18(19)15-26/h2-8,14,18-20,24H,9-13,15-16,26H2,1H3,(H,27,28). The molecule has 1 aliphatic heterocycles. The minimum Gasteiger partial charge on any atom is -0.362 e. The van der Waals surface area contributed by atoms with Crippen LogP contribution < -0.4 is 5.73 Å². The zero-order valence-corrected chi connectivity index (χ0v) is 19.0. The number of aromatic amines is 1. The Morgan fingerprint density at radius 3 is 2.77 bits per heavy atom. The van der Waals surface area contributed by atoms with Gasteiger partial charge in [-0.15, -0.1) is 11.8 Å². The number of thioether (sulfide) groups is 1. The summed E-state index contributed by atoms with van der Waals surface area (Å²) in [5, 5.41) is 0. The Morgan fingerprint density at radius 1 is 1.16 bits per heavy atom. The maximum absolute atomic E-state index is 6.72. The molecule has 2 aromatic carbocycles. The van der Waals surface area contributed by atoms with Crippen LogP contribution in [0, 0.1) is 11.8 Å². The van der Waals surface area contributed by atoms with Crippen molar-refractivity contribution in [2.45, 2.75) is 36.4 Å². The van der Waals surface area contributed by atoms with E-state index in [2.05, 4.69) is 53.3 Å². The van der Waals surface area contributed by atoms with Crippen molar-refractivity contribution < 1.29 is 4.74 Å². The summed E-state index contributed by atoms with van der Waals surface area (Å²) in [6.45, 7) is 2.98. The summed E-state index contributed by atoms with van der Waals surface area (Å²) in [7, 11) is 2.18. The van der Waals surface area contributed by atoms with Crippen LogP contribution in [0.2, 0.25) is 0 Å². The summed E-state index contributed by atoms with van der Waals surface area (Å²) in [6.07, 6.45) is 3.47. The van der Waals surface area contributed by atoms with Crippen molar-refractivity contribution in [1.29, 1.82) is 0 Å². The van der Waals surface area contributed by atoms with E-state index in [0.29, 0.717) is 0 Å². The highest BCUT2D eigenvalue weighted by molar-refractivity contribution is 7.99. The SMILES string of the molecule is CN1CCC(OC(c2cccc(SCC3CC3CN)c2)c2nc3ccccc3[nH]2)CC1. The van der Waals surface area contributed by atoms with Crippen molar-refractivity contribution in [2.24, 2.45) is 17.6 Å². The first-order valence-electron chi connectivity index (χ1n) is 11.4. The Hall–Kier alpha value is -1.86. The zero-order valence-electron chi connectivity index (χ0n) is 18.2. The van der Waals surface area contributed by atoms with Crippen LogP contribution in [0.15, 0.2) is 53.4 Å². The average molecular weight is 437 g/mol. The quantitative estimate of drug-likeness (QED) is 0.511. The van der Waals surface area contributed by atoms with Crippen LogP contribution in [-0.4, -0.2) is 53.4 Å². The van der Waals surface area contributed by atoms with Gasteiger partial charge in [0, 0.05) is 23.7 Å². The second kappa shape index (κ2) is 9.33. The number of nitrogens with two attached hydrogens (primary N) is 1. The fourth-order valence-corrected chi connectivity index (χ4v) is 5.69. The van der Waals surface area contributed by atoms with Gasteiger partial charge in [0.25, 0.3) is 0 Å². The molecule has 0 amide bonds. The fourth-order valence-electron chi connectivity index (χ4n) is 4.48. The lowest BCUT2D eigenvalue weighted by Gasteiger charge is -2.31. The highest BCUT2D eigenvalue weighted by Crippen LogP contribution is 2.41. The minimum absolute atomic E-state index is 0.181. The van der Waals surface area contributed by atoms with Gasteiger partial charge in [0.15, 0.2) is 0 Å². The fraction of sp³-hybridized carbons (Fsp3) is 0.480. The van der Waals surface area contributed by atoms with E-state index in [0.717, 1.165) is 66.9 Å². The largest absolute Gasteiger partial charge is 0.362 e. The van der Waals surface area contributed by atoms with Crippen LogP contribution in [0.3, 0.4) is 0 Å². The first-order valence-corrected chi connectivity index (χ1v) is 12.4. The Balaban J connectivity index is 1.39. The first-order chi connectivity index (χ1) is 15.2. The Labute approximate surface area is 188 Å². The van der Waals surface area contributed by atoms with E-state index in [-0.39, 0.29) is 12.2 Å². The van der Waals surface area contributed by atoms with Gasteiger partial charge in [0.1, 0.15) is 11.9 Å². The highest BCUT2D eigenvalue weighted by Gasteiger charge is 2.35. The molecule has 31 heavy (non-hydrogen) atoms. The minimum atomic E-state index is -0.181. The van der Waals surface area contributed by atoms with E-state index in [4.69, 9.17) is 15.5 Å². The maximum atomic E-state index is 6.72. The molecule has 3 atom stereocenters. The second-order valence-corrected chi connectivity index (χ2v) is 10.1. The molecule has 3 unspecified atom stereocenters. The van der Waals surface area contributed by atoms with Crippen molar-refractivity contribution in [1.82, 2.24) is 14.9 Å². The van der Waals surface area contributed by atoms with Crippen LogP contribution >= 0.6 is 11.8 Å². The molecular formula is C25H32N4OS. The van der Waals surface area contributed by atoms with Crippen molar-refractivity contribution in [3.8, 4) is 0 Å². The molecule has 3 aromatic rings. The predicted molar refractivity (Wildman–Crippen MR) is 127 cm³/mol. The number of piperidine rings is 1. The molecule has 5 rings (SSSR count). The number of benzene rings is 2. The Bertz CT molecular complexity index is 980. The monoisotopic (exact) mass is 436 g/mol. The zero-order chi connectivity index (χ0) is 21.2. The van der Waals surface area contributed by atoms with E-state index in [9.17, 15) is 0 Å². The van der Waals surface area contributed by atoms with Gasteiger partial charge in [-0.1, -0.05) is 24.3 Å². The van der Waals surface area contributed by atoms with Crippen molar-refractivity contribution in [2.75, 3.05) is 32.4 Å². The van der Waals surface area contributed by atoms with Crippen molar-refractivity contribution in [3.05, 3.63) is 59.9 Å². The molecule has 0 bridgehead atoms. The van der Waals surface area contributed by atoms with Gasteiger partial charge in [0.2, 0.25) is 0 Å². The number of imidazole rings is 1. The summed E-state index contributed by atoms with van der Waals surface area (Å²) >= 11 is 1.94. The molecule has 1 aliphatic carbocycles. The van der Waals surface area contributed by atoms with Crippen LogP contribution in [0.1, 0.15) is 36.8 Å². The molecule has 1 saturated carbocycles. The Kier molecular flexibility index (Phi) is 6.32. The molecule has 6 heteroatoms. The van der Waals surface area contributed by atoms with Gasteiger partial charge in [-0.2, -0.15) is 0 Å². The molecular weight excluding hydrogens is 404 g/mol. The molecule has 1 saturated heterocycles. The van der Waals surface area contributed by atoms with E-state index in [1.807, 2.05) is 23.9 Å². The summed E-state index contributed by atoms with van der Waals surface area (Å²) in [4.78, 5) is 12.1. The van der Waals surface area contributed by atoms with Gasteiger partial charge in [-0.05, 0) is 74.5 Å². The lowest BCUT2D eigenvalue weighted by atomic mass is 10.1. The van der Waals surface area contributed by atoms with Crippen molar-refractivity contribution >= 4 is 22.8 Å². The Morgan fingerprint density at radius 2 is 2.00 bits per heavy atom. The average Bonchev–Trinajstić information content (AvgIpc) is 3.44. The summed E-state index contributed by atoms with van der Waals surface area (Å²) in [5.74, 6) is 3.55. The topological polar surface area (TPSA) is 67.2 Å². The molecule has 2 aliphatic rings. The van der Waals surface area contributed by atoms with Crippen LogP contribution in [0.4, 0.5) is 0 Å². The second-order valence-electron chi connectivity index (χ2n) is 9.03.